The van der Waals surface area contributed by atoms with Crippen molar-refractivity contribution in [2.24, 2.45) is 5.41 Å². The molecular weight excluding hydrogens is 300 g/mol. The van der Waals surface area contributed by atoms with E-state index in [2.05, 4.69) is 43.1 Å². The highest BCUT2D eigenvalue weighted by Gasteiger charge is 2.17. The monoisotopic (exact) mass is 330 g/mol. The third-order valence-electron chi connectivity index (χ3n) is 4.26. The second-order valence-corrected chi connectivity index (χ2v) is 7.69. The van der Waals surface area contributed by atoms with Gasteiger partial charge in [-0.05, 0) is 35.5 Å². The van der Waals surface area contributed by atoms with Crippen LogP contribution in [0.15, 0.2) is 36.4 Å². The van der Waals surface area contributed by atoms with Gasteiger partial charge in [0.15, 0.2) is 0 Å². The summed E-state index contributed by atoms with van der Waals surface area (Å²) in [5, 5.41) is 12.6. The number of nitrogens with zero attached hydrogens (tertiary/aromatic N) is 1. The molecule has 1 aromatic rings. The van der Waals surface area contributed by atoms with E-state index in [1.165, 1.54) is 5.56 Å². The number of aliphatic hydroxyl groups is 1. The van der Waals surface area contributed by atoms with Crippen LogP contribution in [0.3, 0.4) is 0 Å². The number of carbonyl (C=O) groups is 1. The summed E-state index contributed by atoms with van der Waals surface area (Å²) in [7, 11) is 0. The van der Waals surface area contributed by atoms with Crippen molar-refractivity contribution >= 4 is 5.91 Å². The number of likely N-dealkylation sites (tertiary alicyclic amines) is 1. The van der Waals surface area contributed by atoms with E-state index in [-0.39, 0.29) is 17.4 Å². The highest BCUT2D eigenvalue weighted by atomic mass is 16.3. The van der Waals surface area contributed by atoms with Crippen molar-refractivity contribution in [3.63, 3.8) is 0 Å². The number of aliphatic hydroxyl groups excluding tert-OH is 1. The summed E-state index contributed by atoms with van der Waals surface area (Å²) in [5.41, 5.74) is 2.41. The minimum Gasteiger partial charge on any atom is -0.393 e. The van der Waals surface area contributed by atoms with Crippen molar-refractivity contribution in [1.29, 1.82) is 0 Å². The quantitative estimate of drug-likeness (QED) is 0.816. The molecule has 4 nitrogen and oxygen atoms in total. The van der Waals surface area contributed by atoms with Crippen molar-refractivity contribution in [3.05, 3.63) is 47.5 Å². The molecule has 0 radical (unpaired) electrons. The molecular formula is C20H30N2O2. The molecule has 0 bridgehead atoms. The average Bonchev–Trinajstić information content (AvgIpc) is 2.53. The molecule has 4 heteroatoms. The summed E-state index contributed by atoms with van der Waals surface area (Å²) in [5.74, 6) is -0.0548. The maximum atomic E-state index is 12.0. The van der Waals surface area contributed by atoms with Gasteiger partial charge >= 0.3 is 0 Å². The van der Waals surface area contributed by atoms with Gasteiger partial charge in [-0.1, -0.05) is 51.1 Å². The first-order valence-electron chi connectivity index (χ1n) is 8.78. The fourth-order valence-electron chi connectivity index (χ4n) is 2.77. The van der Waals surface area contributed by atoms with Crippen molar-refractivity contribution in [2.75, 3.05) is 13.1 Å². The van der Waals surface area contributed by atoms with E-state index >= 15 is 0 Å². The number of carbonyl (C=O) groups excluding carboxylic acids is 1. The van der Waals surface area contributed by atoms with Gasteiger partial charge in [0.05, 0.1) is 6.10 Å². The molecule has 0 aliphatic carbocycles. The number of allylic oxidation sites excluding steroid dienone is 1. The Morgan fingerprint density at radius 1 is 1.25 bits per heavy atom. The minimum atomic E-state index is -0.148. The third-order valence-corrected chi connectivity index (χ3v) is 4.26. The average molecular weight is 330 g/mol. The SMILES string of the molecule is CC(C)(C)/C=C/C(=O)NCc1ccccc1CN1CCC(O)CC1. The van der Waals surface area contributed by atoms with Crippen molar-refractivity contribution in [1.82, 2.24) is 10.2 Å². The number of piperidine rings is 1. The maximum absolute atomic E-state index is 12.0. The molecule has 0 aromatic heterocycles. The summed E-state index contributed by atoms with van der Waals surface area (Å²) < 4.78 is 0. The fraction of sp³-hybridized carbons (Fsp3) is 0.550. The van der Waals surface area contributed by atoms with E-state index < -0.39 is 0 Å². The van der Waals surface area contributed by atoms with Gasteiger partial charge in [-0.25, -0.2) is 0 Å². The van der Waals surface area contributed by atoms with Crippen LogP contribution in [0.2, 0.25) is 0 Å². The van der Waals surface area contributed by atoms with E-state index in [4.69, 9.17) is 0 Å². The van der Waals surface area contributed by atoms with Gasteiger partial charge in [-0.2, -0.15) is 0 Å². The Morgan fingerprint density at radius 3 is 2.50 bits per heavy atom. The zero-order valence-electron chi connectivity index (χ0n) is 15.1. The third kappa shape index (κ3) is 6.46. The van der Waals surface area contributed by atoms with Crippen LogP contribution in [0, 0.1) is 5.41 Å². The topological polar surface area (TPSA) is 52.6 Å². The second kappa shape index (κ2) is 8.45. The number of amides is 1. The molecule has 0 spiro atoms. The number of hydrogen-bond donors (Lipinski definition) is 2. The predicted molar refractivity (Wildman–Crippen MR) is 97.4 cm³/mol. The lowest BCUT2D eigenvalue weighted by atomic mass is 9.96. The summed E-state index contributed by atoms with van der Waals surface area (Å²) >= 11 is 0. The van der Waals surface area contributed by atoms with Crippen LogP contribution < -0.4 is 5.32 Å². The van der Waals surface area contributed by atoms with E-state index in [0.717, 1.165) is 38.0 Å². The van der Waals surface area contributed by atoms with Gasteiger partial charge in [-0.15, -0.1) is 0 Å². The molecule has 1 fully saturated rings. The van der Waals surface area contributed by atoms with Gasteiger partial charge in [0.25, 0.3) is 0 Å². The summed E-state index contributed by atoms with van der Waals surface area (Å²) in [6.45, 7) is 9.48. The van der Waals surface area contributed by atoms with Gasteiger partial charge in [0.2, 0.25) is 5.91 Å². The summed E-state index contributed by atoms with van der Waals surface area (Å²) in [6, 6.07) is 8.24. The molecule has 1 heterocycles. The largest absolute Gasteiger partial charge is 0.393 e. The first kappa shape index (κ1) is 18.7. The zero-order valence-corrected chi connectivity index (χ0v) is 15.1. The van der Waals surface area contributed by atoms with Crippen molar-refractivity contribution in [2.45, 2.75) is 52.8 Å². The number of hydrogen-bond acceptors (Lipinski definition) is 3. The van der Waals surface area contributed by atoms with Gasteiger partial charge in [-0.3, -0.25) is 9.69 Å². The first-order chi connectivity index (χ1) is 11.3. The number of nitrogens with one attached hydrogen (secondary N) is 1. The molecule has 0 saturated carbocycles. The molecule has 1 aromatic carbocycles. The van der Waals surface area contributed by atoms with Crippen LogP contribution in [0.1, 0.15) is 44.7 Å². The molecule has 1 amide bonds. The lowest BCUT2D eigenvalue weighted by Crippen LogP contribution is -2.35. The smallest absolute Gasteiger partial charge is 0.243 e. The zero-order chi connectivity index (χ0) is 17.6. The Bertz CT molecular complexity index is 567. The standard InChI is InChI=1S/C20H30N2O2/c1-20(2,3)11-8-19(24)21-14-16-6-4-5-7-17(16)15-22-12-9-18(23)10-13-22/h4-8,11,18,23H,9-10,12-15H2,1-3H3,(H,21,24)/b11-8+. The van der Waals surface area contributed by atoms with Crippen molar-refractivity contribution in [3.8, 4) is 0 Å². The van der Waals surface area contributed by atoms with Crippen molar-refractivity contribution < 1.29 is 9.90 Å². The molecule has 24 heavy (non-hydrogen) atoms. The lowest BCUT2D eigenvalue weighted by molar-refractivity contribution is -0.116. The number of rotatable bonds is 5. The molecule has 1 aliphatic heterocycles. The fourth-order valence-corrected chi connectivity index (χ4v) is 2.77. The highest BCUT2D eigenvalue weighted by Crippen LogP contribution is 2.17. The summed E-state index contributed by atoms with van der Waals surface area (Å²) in [4.78, 5) is 14.3. The second-order valence-electron chi connectivity index (χ2n) is 7.69. The van der Waals surface area contributed by atoms with Gasteiger partial charge < -0.3 is 10.4 Å². The predicted octanol–water partition coefficient (Wildman–Crippen LogP) is 2.86. The molecule has 132 valence electrons. The van der Waals surface area contributed by atoms with Crippen LogP contribution >= 0.6 is 0 Å². The van der Waals surface area contributed by atoms with Gasteiger partial charge in [0, 0.05) is 26.2 Å². The Hall–Kier alpha value is -1.65. The highest BCUT2D eigenvalue weighted by molar-refractivity contribution is 5.87. The van der Waals surface area contributed by atoms with E-state index in [0.29, 0.717) is 6.54 Å². The van der Waals surface area contributed by atoms with Crippen LogP contribution in [0.5, 0.6) is 0 Å². The molecule has 1 saturated heterocycles. The first-order valence-corrected chi connectivity index (χ1v) is 8.78. The number of benzene rings is 1. The van der Waals surface area contributed by atoms with E-state index in [9.17, 15) is 9.90 Å². The normalized spacial score (nSPS) is 17.3. The Kier molecular flexibility index (Phi) is 6.58. The Labute approximate surface area is 145 Å². The van der Waals surface area contributed by atoms with Crippen LogP contribution in [-0.4, -0.2) is 35.1 Å². The van der Waals surface area contributed by atoms with E-state index in [1.54, 1.807) is 6.08 Å². The maximum Gasteiger partial charge on any atom is 0.243 e. The Morgan fingerprint density at radius 2 is 1.88 bits per heavy atom. The van der Waals surface area contributed by atoms with Crippen LogP contribution in [-0.2, 0) is 17.9 Å². The van der Waals surface area contributed by atoms with Crippen LogP contribution in [0.25, 0.3) is 0 Å². The molecule has 1 aliphatic rings. The lowest BCUT2D eigenvalue weighted by Gasteiger charge is -2.30. The van der Waals surface area contributed by atoms with Gasteiger partial charge in [0.1, 0.15) is 0 Å². The molecule has 0 atom stereocenters. The van der Waals surface area contributed by atoms with Crippen LogP contribution in [0.4, 0.5) is 0 Å². The van der Waals surface area contributed by atoms with E-state index in [1.807, 2.05) is 18.2 Å². The molecule has 2 rings (SSSR count). The molecule has 2 N–H and O–H groups in total. The molecule has 0 unspecified atom stereocenters. The Balaban J connectivity index is 1.91. The minimum absolute atomic E-state index is 0.00801. The summed E-state index contributed by atoms with van der Waals surface area (Å²) in [6.07, 6.45) is 5.08.